The number of hydrogen-bond donors (Lipinski definition) is 1. The molecule has 0 aliphatic rings. The zero-order valence-corrected chi connectivity index (χ0v) is 15.8. The van der Waals surface area contributed by atoms with Crippen LogP contribution in [-0.2, 0) is 4.74 Å². The van der Waals surface area contributed by atoms with E-state index in [1.54, 1.807) is 49.5 Å². The SMILES string of the molecule is CCOC(=O)c1cccc(NC(=O)c2ccn3cc(-c4ccccc4)nc3c2)c1. The number of nitrogens with one attached hydrogen (secondary N) is 1. The number of hydrogen-bond acceptors (Lipinski definition) is 4. The molecule has 144 valence electrons. The lowest BCUT2D eigenvalue weighted by molar-refractivity contribution is 0.0526. The van der Waals surface area contributed by atoms with Crippen LogP contribution in [0.5, 0.6) is 0 Å². The van der Waals surface area contributed by atoms with Crippen molar-refractivity contribution in [3.05, 3.63) is 90.3 Å². The van der Waals surface area contributed by atoms with Gasteiger partial charge in [0.2, 0.25) is 0 Å². The van der Waals surface area contributed by atoms with Crippen LogP contribution in [0.4, 0.5) is 5.69 Å². The number of imidazole rings is 1. The summed E-state index contributed by atoms with van der Waals surface area (Å²) in [6.45, 7) is 2.04. The molecule has 0 aliphatic carbocycles. The van der Waals surface area contributed by atoms with E-state index in [1.807, 2.05) is 40.9 Å². The van der Waals surface area contributed by atoms with Gasteiger partial charge in [-0.05, 0) is 37.3 Å². The van der Waals surface area contributed by atoms with E-state index in [9.17, 15) is 9.59 Å². The highest BCUT2D eigenvalue weighted by Gasteiger charge is 2.12. The minimum absolute atomic E-state index is 0.280. The Kier molecular flexibility index (Phi) is 5.07. The summed E-state index contributed by atoms with van der Waals surface area (Å²) in [6.07, 6.45) is 3.73. The minimum Gasteiger partial charge on any atom is -0.462 e. The molecule has 0 atom stereocenters. The summed E-state index contributed by atoms with van der Waals surface area (Å²) in [5, 5.41) is 2.82. The highest BCUT2D eigenvalue weighted by atomic mass is 16.5. The molecule has 29 heavy (non-hydrogen) atoms. The Morgan fingerprint density at radius 1 is 1.00 bits per heavy atom. The Morgan fingerprint density at radius 2 is 1.83 bits per heavy atom. The molecule has 1 amide bonds. The largest absolute Gasteiger partial charge is 0.462 e. The summed E-state index contributed by atoms with van der Waals surface area (Å²) in [5.74, 6) is -0.700. The van der Waals surface area contributed by atoms with Crippen molar-refractivity contribution < 1.29 is 14.3 Å². The van der Waals surface area contributed by atoms with Crippen LogP contribution in [0, 0.1) is 0 Å². The van der Waals surface area contributed by atoms with Crippen LogP contribution >= 0.6 is 0 Å². The average molecular weight is 385 g/mol. The molecular weight excluding hydrogens is 366 g/mol. The van der Waals surface area contributed by atoms with E-state index >= 15 is 0 Å². The number of aromatic nitrogens is 2. The van der Waals surface area contributed by atoms with Gasteiger partial charge in [-0.2, -0.15) is 0 Å². The number of anilines is 1. The van der Waals surface area contributed by atoms with Crippen LogP contribution < -0.4 is 5.32 Å². The number of esters is 1. The van der Waals surface area contributed by atoms with Crippen molar-refractivity contribution in [1.82, 2.24) is 9.38 Å². The summed E-state index contributed by atoms with van der Waals surface area (Å²) in [6, 6.07) is 20.0. The summed E-state index contributed by atoms with van der Waals surface area (Å²) < 4.78 is 6.87. The predicted molar refractivity (Wildman–Crippen MR) is 111 cm³/mol. The Labute approximate surface area is 167 Å². The predicted octanol–water partition coefficient (Wildman–Crippen LogP) is 4.43. The second-order valence-corrected chi connectivity index (χ2v) is 6.43. The maximum absolute atomic E-state index is 12.7. The Morgan fingerprint density at radius 3 is 2.62 bits per heavy atom. The van der Waals surface area contributed by atoms with E-state index in [1.165, 1.54) is 0 Å². The van der Waals surface area contributed by atoms with Crippen LogP contribution in [0.3, 0.4) is 0 Å². The van der Waals surface area contributed by atoms with Gasteiger partial charge >= 0.3 is 5.97 Å². The fourth-order valence-electron chi connectivity index (χ4n) is 3.01. The van der Waals surface area contributed by atoms with E-state index in [-0.39, 0.29) is 5.91 Å². The van der Waals surface area contributed by atoms with E-state index in [0.29, 0.717) is 29.1 Å². The molecule has 0 spiro atoms. The van der Waals surface area contributed by atoms with Crippen molar-refractivity contribution >= 4 is 23.2 Å². The Hall–Kier alpha value is -3.93. The van der Waals surface area contributed by atoms with E-state index in [4.69, 9.17) is 4.74 Å². The van der Waals surface area contributed by atoms with Crippen LogP contribution in [0.15, 0.2) is 79.1 Å². The number of carbonyl (C=O) groups excluding carboxylic acids is 2. The maximum Gasteiger partial charge on any atom is 0.338 e. The van der Waals surface area contributed by atoms with Gasteiger partial charge in [0, 0.05) is 29.2 Å². The Bertz CT molecular complexity index is 1180. The van der Waals surface area contributed by atoms with Gasteiger partial charge in [-0.1, -0.05) is 36.4 Å². The number of fused-ring (bicyclic) bond motifs is 1. The second kappa shape index (κ2) is 7.98. The first-order valence-corrected chi connectivity index (χ1v) is 9.27. The quantitative estimate of drug-likeness (QED) is 0.516. The Balaban J connectivity index is 1.56. The second-order valence-electron chi connectivity index (χ2n) is 6.43. The number of amides is 1. The molecule has 2 aromatic carbocycles. The number of pyridine rings is 1. The monoisotopic (exact) mass is 385 g/mol. The third-order valence-electron chi connectivity index (χ3n) is 4.42. The summed E-state index contributed by atoms with van der Waals surface area (Å²) in [5.41, 5.74) is 3.92. The van der Waals surface area contributed by atoms with Crippen LogP contribution in [0.25, 0.3) is 16.9 Å². The van der Waals surface area contributed by atoms with Crippen molar-refractivity contribution in [3.63, 3.8) is 0 Å². The normalized spacial score (nSPS) is 10.7. The van der Waals surface area contributed by atoms with Crippen LogP contribution in [-0.4, -0.2) is 27.9 Å². The first kappa shape index (κ1) is 18.4. The third-order valence-corrected chi connectivity index (χ3v) is 4.42. The van der Waals surface area contributed by atoms with Crippen LogP contribution in [0.2, 0.25) is 0 Å². The van der Waals surface area contributed by atoms with Gasteiger partial charge in [-0.3, -0.25) is 4.79 Å². The molecule has 0 radical (unpaired) electrons. The molecule has 2 heterocycles. The minimum atomic E-state index is -0.421. The van der Waals surface area contributed by atoms with Gasteiger partial charge in [0.15, 0.2) is 0 Å². The lowest BCUT2D eigenvalue weighted by Gasteiger charge is -2.07. The highest BCUT2D eigenvalue weighted by Crippen LogP contribution is 2.20. The lowest BCUT2D eigenvalue weighted by atomic mass is 10.2. The molecule has 0 saturated carbocycles. The number of nitrogens with zero attached hydrogens (tertiary/aromatic N) is 2. The lowest BCUT2D eigenvalue weighted by Crippen LogP contribution is -2.13. The van der Waals surface area contributed by atoms with Crippen molar-refractivity contribution in [3.8, 4) is 11.3 Å². The van der Waals surface area contributed by atoms with Crippen molar-refractivity contribution in [2.75, 3.05) is 11.9 Å². The van der Waals surface area contributed by atoms with Crippen molar-refractivity contribution in [2.45, 2.75) is 6.92 Å². The zero-order chi connectivity index (χ0) is 20.2. The topological polar surface area (TPSA) is 72.7 Å². The molecule has 0 bridgehead atoms. The molecular formula is C23H19N3O3. The smallest absolute Gasteiger partial charge is 0.338 e. The van der Waals surface area contributed by atoms with E-state index < -0.39 is 5.97 Å². The standard InChI is InChI=1S/C23H19N3O3/c1-2-29-23(28)18-9-6-10-19(13-18)24-22(27)17-11-12-26-15-20(25-21(26)14-17)16-7-4-3-5-8-16/h3-15H,2H2,1H3,(H,24,27). The molecule has 0 saturated heterocycles. The zero-order valence-electron chi connectivity index (χ0n) is 15.8. The van der Waals surface area contributed by atoms with Crippen LogP contribution in [0.1, 0.15) is 27.6 Å². The molecule has 0 aliphatic heterocycles. The summed E-state index contributed by atoms with van der Waals surface area (Å²) in [7, 11) is 0. The molecule has 4 aromatic rings. The molecule has 6 nitrogen and oxygen atoms in total. The fourth-order valence-corrected chi connectivity index (χ4v) is 3.01. The van der Waals surface area contributed by atoms with E-state index in [0.717, 1.165) is 11.3 Å². The average Bonchev–Trinajstić information content (AvgIpc) is 3.18. The molecule has 0 fully saturated rings. The summed E-state index contributed by atoms with van der Waals surface area (Å²) >= 11 is 0. The van der Waals surface area contributed by atoms with Gasteiger partial charge in [0.25, 0.3) is 5.91 Å². The van der Waals surface area contributed by atoms with E-state index in [2.05, 4.69) is 10.3 Å². The first-order valence-electron chi connectivity index (χ1n) is 9.27. The van der Waals surface area contributed by atoms with Gasteiger partial charge < -0.3 is 14.5 Å². The van der Waals surface area contributed by atoms with Crippen molar-refractivity contribution in [2.24, 2.45) is 0 Å². The number of rotatable bonds is 5. The molecule has 2 aromatic heterocycles. The van der Waals surface area contributed by atoms with Gasteiger partial charge in [0.1, 0.15) is 5.65 Å². The number of benzene rings is 2. The van der Waals surface area contributed by atoms with Gasteiger partial charge in [0.05, 0.1) is 17.9 Å². The third kappa shape index (κ3) is 4.01. The molecule has 6 heteroatoms. The number of carbonyl (C=O) groups is 2. The highest BCUT2D eigenvalue weighted by molar-refractivity contribution is 6.05. The molecule has 1 N–H and O–H groups in total. The van der Waals surface area contributed by atoms with Gasteiger partial charge in [-0.25, -0.2) is 9.78 Å². The molecule has 0 unspecified atom stereocenters. The number of ether oxygens (including phenoxy) is 1. The maximum atomic E-state index is 12.7. The molecule has 4 rings (SSSR count). The fraction of sp³-hybridized carbons (Fsp3) is 0.0870. The van der Waals surface area contributed by atoms with Gasteiger partial charge in [-0.15, -0.1) is 0 Å². The van der Waals surface area contributed by atoms with Crippen molar-refractivity contribution in [1.29, 1.82) is 0 Å². The summed E-state index contributed by atoms with van der Waals surface area (Å²) in [4.78, 5) is 29.2. The first-order chi connectivity index (χ1) is 14.1.